The van der Waals surface area contributed by atoms with Crippen molar-refractivity contribution in [3.05, 3.63) is 35.6 Å². The van der Waals surface area contributed by atoms with Gasteiger partial charge >= 0.3 is 6.09 Å². The first-order valence-corrected chi connectivity index (χ1v) is 10.3. The van der Waals surface area contributed by atoms with Crippen molar-refractivity contribution in [2.24, 2.45) is 4.99 Å². The Morgan fingerprint density at radius 2 is 1.94 bits per heavy atom. The first-order valence-electron chi connectivity index (χ1n) is 10.3. The van der Waals surface area contributed by atoms with Gasteiger partial charge in [-0.05, 0) is 37.8 Å². The summed E-state index contributed by atoms with van der Waals surface area (Å²) in [6.45, 7) is 3.83. The molecule has 0 bridgehead atoms. The molecule has 1 aliphatic heterocycles. The zero-order chi connectivity index (χ0) is 21.9. The Kier molecular flexibility index (Phi) is 12.2. The van der Waals surface area contributed by atoms with Crippen molar-refractivity contribution in [3.63, 3.8) is 0 Å². The summed E-state index contributed by atoms with van der Waals surface area (Å²) >= 11 is 0. The van der Waals surface area contributed by atoms with Crippen LogP contribution in [0.2, 0.25) is 0 Å². The van der Waals surface area contributed by atoms with Gasteiger partial charge in [-0.25, -0.2) is 14.2 Å². The third-order valence-corrected chi connectivity index (χ3v) is 4.88. The predicted octanol–water partition coefficient (Wildman–Crippen LogP) is 2.23. The Hall–Kier alpha value is -2.11. The average Bonchev–Trinajstić information content (AvgIpc) is 2.73. The van der Waals surface area contributed by atoms with Gasteiger partial charge in [-0.2, -0.15) is 0 Å². The third-order valence-electron chi connectivity index (χ3n) is 4.88. The molecule has 0 radical (unpaired) electrons. The van der Waals surface area contributed by atoms with Crippen LogP contribution in [0.4, 0.5) is 9.18 Å². The van der Waals surface area contributed by atoms with E-state index in [-0.39, 0.29) is 54.4 Å². The maximum absolute atomic E-state index is 13.8. The van der Waals surface area contributed by atoms with E-state index in [0.29, 0.717) is 44.2 Å². The molecule has 0 aliphatic carbocycles. The third kappa shape index (κ3) is 9.28. The number of guanidine groups is 1. The number of nitrogens with one attached hydrogen (secondary N) is 2. The number of piperidine rings is 1. The molecule has 0 spiro atoms. The normalized spacial score (nSPS) is 14.5. The summed E-state index contributed by atoms with van der Waals surface area (Å²) in [6, 6.07) is 6.77. The van der Waals surface area contributed by atoms with Gasteiger partial charge in [0.25, 0.3) is 0 Å². The molecule has 8 nitrogen and oxygen atoms in total. The molecule has 1 aromatic carbocycles. The fourth-order valence-electron chi connectivity index (χ4n) is 3.07. The quantitative estimate of drug-likeness (QED) is 0.310. The highest BCUT2D eigenvalue weighted by Gasteiger charge is 2.24. The van der Waals surface area contributed by atoms with E-state index in [2.05, 4.69) is 15.6 Å². The summed E-state index contributed by atoms with van der Waals surface area (Å²) in [4.78, 5) is 31.3. The van der Waals surface area contributed by atoms with Gasteiger partial charge in [0.15, 0.2) is 5.96 Å². The summed E-state index contributed by atoms with van der Waals surface area (Å²) in [5.74, 6) is 0.165. The second-order valence-corrected chi connectivity index (χ2v) is 7.33. The number of likely N-dealkylation sites (N-methyl/N-ethyl adjacent to an activating group) is 1. The molecular weight excluding hydrogens is 516 g/mol. The average molecular weight is 549 g/mol. The number of carbonyl (C=O) groups excluding carboxylic acids is 2. The molecule has 0 saturated carbocycles. The fraction of sp³-hybridized carbons (Fsp3) is 0.571. The lowest BCUT2D eigenvalue weighted by atomic mass is 10.1. The molecule has 10 heteroatoms. The van der Waals surface area contributed by atoms with Crippen LogP contribution in [0.25, 0.3) is 0 Å². The van der Waals surface area contributed by atoms with Crippen molar-refractivity contribution in [1.82, 2.24) is 20.4 Å². The van der Waals surface area contributed by atoms with Crippen molar-refractivity contribution < 1.29 is 18.7 Å². The van der Waals surface area contributed by atoms with Crippen LogP contribution in [-0.2, 0) is 16.0 Å². The number of halogens is 2. The van der Waals surface area contributed by atoms with Crippen molar-refractivity contribution in [2.45, 2.75) is 32.2 Å². The number of ether oxygens (including phenoxy) is 1. The van der Waals surface area contributed by atoms with E-state index in [4.69, 9.17) is 4.74 Å². The molecule has 2 N–H and O–H groups in total. The number of hydrogen-bond donors (Lipinski definition) is 2. The molecule has 1 aliphatic rings. The summed E-state index contributed by atoms with van der Waals surface area (Å²) in [7, 11) is 3.36. The standard InChI is InChI=1S/C21H32FN5O3.HI/c1-4-30-21(29)27-13-10-17(11-14-27)25-20(24-15-19(28)26(2)3)23-12-9-16-7-5-6-8-18(16)22;/h5-8,17H,4,9-15H2,1-3H3,(H2,23,24,25);1H. The zero-order valence-electron chi connectivity index (χ0n) is 18.4. The molecular formula is C21H33FIN5O3. The van der Waals surface area contributed by atoms with Crippen molar-refractivity contribution >= 4 is 41.9 Å². The van der Waals surface area contributed by atoms with Gasteiger partial charge < -0.3 is 25.2 Å². The van der Waals surface area contributed by atoms with Crippen LogP contribution in [0.5, 0.6) is 0 Å². The SMILES string of the molecule is CCOC(=O)N1CCC(NC(=NCC(=O)N(C)C)NCCc2ccccc2F)CC1.I. The molecule has 0 aromatic heterocycles. The maximum atomic E-state index is 13.8. The number of aliphatic imine (C=N–C) groups is 1. The van der Waals surface area contributed by atoms with Gasteiger partial charge in [-0.15, -0.1) is 24.0 Å². The van der Waals surface area contributed by atoms with Gasteiger partial charge in [-0.1, -0.05) is 18.2 Å². The topological polar surface area (TPSA) is 86.3 Å². The largest absolute Gasteiger partial charge is 0.450 e. The minimum Gasteiger partial charge on any atom is -0.450 e. The van der Waals surface area contributed by atoms with Crippen LogP contribution >= 0.6 is 24.0 Å². The fourth-order valence-corrected chi connectivity index (χ4v) is 3.07. The Balaban J connectivity index is 0.00000480. The Labute approximate surface area is 200 Å². The predicted molar refractivity (Wildman–Crippen MR) is 129 cm³/mol. The highest BCUT2D eigenvalue weighted by Crippen LogP contribution is 2.11. The molecule has 2 amide bonds. The lowest BCUT2D eigenvalue weighted by Crippen LogP contribution is -2.50. The van der Waals surface area contributed by atoms with Gasteiger partial charge in [0, 0.05) is 39.8 Å². The minimum atomic E-state index is -0.288. The summed E-state index contributed by atoms with van der Waals surface area (Å²) in [5.41, 5.74) is 0.622. The van der Waals surface area contributed by atoms with Crippen LogP contribution < -0.4 is 10.6 Å². The Morgan fingerprint density at radius 1 is 1.26 bits per heavy atom. The van der Waals surface area contributed by atoms with E-state index in [1.165, 1.54) is 11.0 Å². The molecule has 1 aromatic rings. The summed E-state index contributed by atoms with van der Waals surface area (Å²) in [5, 5.41) is 6.53. The highest BCUT2D eigenvalue weighted by atomic mass is 127. The molecule has 1 heterocycles. The van der Waals surface area contributed by atoms with Crippen LogP contribution in [0, 0.1) is 5.82 Å². The molecule has 2 rings (SSSR count). The van der Waals surface area contributed by atoms with E-state index < -0.39 is 0 Å². The van der Waals surface area contributed by atoms with E-state index in [9.17, 15) is 14.0 Å². The molecule has 174 valence electrons. The lowest BCUT2D eigenvalue weighted by Gasteiger charge is -2.32. The smallest absolute Gasteiger partial charge is 0.409 e. The van der Waals surface area contributed by atoms with Crippen molar-refractivity contribution in [2.75, 3.05) is 46.9 Å². The molecule has 0 unspecified atom stereocenters. The van der Waals surface area contributed by atoms with Gasteiger partial charge in [0.1, 0.15) is 12.4 Å². The van der Waals surface area contributed by atoms with Crippen molar-refractivity contribution in [1.29, 1.82) is 0 Å². The molecule has 1 fully saturated rings. The van der Waals surface area contributed by atoms with E-state index in [1.54, 1.807) is 44.1 Å². The summed E-state index contributed by atoms with van der Waals surface area (Å²) in [6.07, 6.45) is 1.70. The van der Waals surface area contributed by atoms with E-state index >= 15 is 0 Å². The molecule has 31 heavy (non-hydrogen) atoms. The number of likely N-dealkylation sites (tertiary alicyclic amines) is 1. The monoisotopic (exact) mass is 549 g/mol. The number of amides is 2. The number of hydrogen-bond acceptors (Lipinski definition) is 4. The highest BCUT2D eigenvalue weighted by molar-refractivity contribution is 14.0. The number of nitrogens with zero attached hydrogens (tertiary/aromatic N) is 3. The van der Waals surface area contributed by atoms with E-state index in [0.717, 1.165) is 12.8 Å². The molecule has 0 atom stereocenters. The van der Waals surface area contributed by atoms with Crippen molar-refractivity contribution in [3.8, 4) is 0 Å². The number of rotatable bonds is 7. The zero-order valence-corrected chi connectivity index (χ0v) is 20.7. The lowest BCUT2D eigenvalue weighted by molar-refractivity contribution is -0.127. The van der Waals surface area contributed by atoms with Crippen LogP contribution in [0.15, 0.2) is 29.3 Å². The van der Waals surface area contributed by atoms with Crippen LogP contribution in [0.3, 0.4) is 0 Å². The van der Waals surface area contributed by atoms with Crippen LogP contribution in [0.1, 0.15) is 25.3 Å². The van der Waals surface area contributed by atoms with E-state index in [1.807, 2.05) is 0 Å². The number of carbonyl (C=O) groups is 2. The first-order chi connectivity index (χ1) is 14.4. The minimum absolute atomic E-state index is 0. The molecule has 1 saturated heterocycles. The summed E-state index contributed by atoms with van der Waals surface area (Å²) < 4.78 is 18.9. The maximum Gasteiger partial charge on any atom is 0.409 e. The first kappa shape index (κ1) is 26.9. The van der Waals surface area contributed by atoms with Gasteiger partial charge in [-0.3, -0.25) is 4.79 Å². The second-order valence-electron chi connectivity index (χ2n) is 7.33. The van der Waals surface area contributed by atoms with Gasteiger partial charge in [0.2, 0.25) is 5.91 Å². The van der Waals surface area contributed by atoms with Gasteiger partial charge in [0.05, 0.1) is 6.61 Å². The van der Waals surface area contributed by atoms with Crippen LogP contribution in [-0.4, -0.2) is 80.7 Å². The number of benzene rings is 1. The Bertz CT molecular complexity index is 739. The Morgan fingerprint density at radius 3 is 2.55 bits per heavy atom. The second kappa shape index (κ2) is 14.0.